The molecule has 0 bridgehead atoms. The fraction of sp³-hybridized carbons (Fsp3) is 0.296. The van der Waals surface area contributed by atoms with E-state index in [0.717, 1.165) is 33.8 Å². The number of carbonyl (C=O) groups excluding carboxylic acids is 1. The molecule has 0 aliphatic rings. The summed E-state index contributed by atoms with van der Waals surface area (Å²) in [5, 5.41) is 30.9. The van der Waals surface area contributed by atoms with Crippen molar-refractivity contribution in [3.8, 4) is 16.8 Å². The molecule has 2 unspecified atom stereocenters. The summed E-state index contributed by atoms with van der Waals surface area (Å²) in [7, 11) is 0. The van der Waals surface area contributed by atoms with E-state index in [1.807, 2.05) is 37.3 Å². The molecular formula is C27H29FNNaO4. The van der Waals surface area contributed by atoms with Gasteiger partial charge in [0.25, 0.3) is 0 Å². The molecule has 0 saturated heterocycles. The van der Waals surface area contributed by atoms with Crippen LogP contribution in [-0.2, 0) is 4.79 Å². The van der Waals surface area contributed by atoms with E-state index < -0.39 is 24.6 Å². The molecule has 0 saturated carbocycles. The number of hydrogen-bond acceptors (Lipinski definition) is 4. The van der Waals surface area contributed by atoms with Gasteiger partial charge in [-0.1, -0.05) is 56.3 Å². The largest absolute Gasteiger partial charge is 1.00 e. The topological polar surface area (TPSA) is 85.5 Å². The molecular weight excluding hydrogens is 444 g/mol. The van der Waals surface area contributed by atoms with Crippen LogP contribution in [-0.4, -0.2) is 33.0 Å². The zero-order chi connectivity index (χ0) is 24.1. The zero-order valence-corrected chi connectivity index (χ0v) is 22.0. The summed E-state index contributed by atoms with van der Waals surface area (Å²) in [5.74, 6) is -1.56. The Balaban J connectivity index is 0.00000408. The third-order valence-electron chi connectivity index (χ3n) is 5.58. The molecule has 0 aliphatic heterocycles. The Kier molecular flexibility index (Phi) is 10.3. The van der Waals surface area contributed by atoms with Crippen LogP contribution in [0.1, 0.15) is 49.6 Å². The van der Waals surface area contributed by atoms with Crippen LogP contribution in [0.5, 0.6) is 0 Å². The summed E-state index contributed by atoms with van der Waals surface area (Å²) in [5.41, 5.74) is 5.63. The minimum absolute atomic E-state index is 0. The van der Waals surface area contributed by atoms with E-state index in [1.54, 1.807) is 24.3 Å². The molecule has 3 rings (SSSR count). The third kappa shape index (κ3) is 6.68. The van der Waals surface area contributed by atoms with Gasteiger partial charge in [0.2, 0.25) is 0 Å². The van der Waals surface area contributed by atoms with Crippen molar-refractivity contribution in [3.05, 3.63) is 83.4 Å². The maximum absolute atomic E-state index is 13.6. The SMILES string of the molecule is Cc1c(-c2ccc(F)cc2)c(/C=C/C(O)CC(O)CC(=O)[O-])c(C(C)C)n1-c1ccccc1.[Na+]. The average molecular weight is 474 g/mol. The van der Waals surface area contributed by atoms with Gasteiger partial charge in [-0.2, -0.15) is 0 Å². The van der Waals surface area contributed by atoms with E-state index in [0.29, 0.717) is 0 Å². The van der Waals surface area contributed by atoms with Crippen LogP contribution in [0.3, 0.4) is 0 Å². The van der Waals surface area contributed by atoms with Gasteiger partial charge < -0.3 is 24.7 Å². The van der Waals surface area contributed by atoms with E-state index in [1.165, 1.54) is 12.1 Å². The van der Waals surface area contributed by atoms with Crippen LogP contribution in [0.2, 0.25) is 0 Å². The first-order valence-electron chi connectivity index (χ1n) is 11.0. The first kappa shape index (κ1) is 28.0. The Morgan fingerprint density at radius 1 is 1.09 bits per heavy atom. The third-order valence-corrected chi connectivity index (χ3v) is 5.58. The number of aromatic nitrogens is 1. The van der Waals surface area contributed by atoms with Crippen molar-refractivity contribution in [2.45, 2.75) is 51.7 Å². The van der Waals surface area contributed by atoms with Crippen LogP contribution in [0.15, 0.2) is 60.7 Å². The van der Waals surface area contributed by atoms with E-state index in [9.17, 15) is 24.5 Å². The second-order valence-corrected chi connectivity index (χ2v) is 8.48. The number of aliphatic hydroxyl groups is 2. The van der Waals surface area contributed by atoms with Gasteiger partial charge in [0.1, 0.15) is 5.82 Å². The minimum atomic E-state index is -1.37. The standard InChI is InChI=1S/C27H30FNO4.Na/c1-17(2)27-24(14-13-22(30)15-23(31)16-25(32)33)26(19-9-11-20(28)12-10-19)18(3)29(27)21-7-5-4-6-8-21;/h4-14,17,22-23,30-31H,15-16H2,1-3H3,(H,32,33);/q;+1/p-1/b14-13+;. The van der Waals surface area contributed by atoms with Crippen molar-refractivity contribution in [3.63, 3.8) is 0 Å². The van der Waals surface area contributed by atoms with Crippen molar-refractivity contribution in [2.24, 2.45) is 0 Å². The number of carbonyl (C=O) groups is 1. The number of para-hydroxylation sites is 1. The molecule has 34 heavy (non-hydrogen) atoms. The van der Waals surface area contributed by atoms with Gasteiger partial charge in [0.05, 0.1) is 12.2 Å². The van der Waals surface area contributed by atoms with Crippen LogP contribution in [0.4, 0.5) is 4.39 Å². The molecule has 2 aromatic carbocycles. The number of rotatable bonds is 9. The average Bonchev–Trinajstić information content (AvgIpc) is 3.05. The number of carboxylic acids is 1. The Morgan fingerprint density at radius 3 is 2.26 bits per heavy atom. The molecule has 0 aliphatic carbocycles. The van der Waals surface area contributed by atoms with Crippen LogP contribution in [0.25, 0.3) is 22.9 Å². The molecule has 2 atom stereocenters. The van der Waals surface area contributed by atoms with E-state index >= 15 is 0 Å². The molecule has 0 amide bonds. The molecule has 7 heteroatoms. The summed E-state index contributed by atoms with van der Waals surface area (Å²) in [6.07, 6.45) is 0.462. The Bertz CT molecular complexity index is 1120. The van der Waals surface area contributed by atoms with E-state index in [4.69, 9.17) is 0 Å². The van der Waals surface area contributed by atoms with Crippen molar-refractivity contribution >= 4 is 12.0 Å². The number of halogens is 1. The molecule has 5 nitrogen and oxygen atoms in total. The number of benzene rings is 2. The molecule has 0 spiro atoms. The molecule has 174 valence electrons. The summed E-state index contributed by atoms with van der Waals surface area (Å²) >= 11 is 0. The minimum Gasteiger partial charge on any atom is -0.550 e. The van der Waals surface area contributed by atoms with Crippen LogP contribution < -0.4 is 34.7 Å². The van der Waals surface area contributed by atoms with Gasteiger partial charge in [0, 0.05) is 47.0 Å². The zero-order valence-electron chi connectivity index (χ0n) is 20.0. The Morgan fingerprint density at radius 2 is 1.71 bits per heavy atom. The number of aliphatic carboxylic acids is 1. The van der Waals surface area contributed by atoms with E-state index in [2.05, 4.69) is 18.4 Å². The smallest absolute Gasteiger partial charge is 0.550 e. The predicted octanol–water partition coefficient (Wildman–Crippen LogP) is 0.984. The van der Waals surface area contributed by atoms with Crippen molar-refractivity contribution < 1.29 is 54.1 Å². The number of nitrogens with zero attached hydrogens (tertiary/aromatic N) is 1. The van der Waals surface area contributed by atoms with Crippen LogP contribution >= 0.6 is 0 Å². The summed E-state index contributed by atoms with van der Waals surface area (Å²) in [6, 6.07) is 16.2. The molecule has 3 aromatic rings. The summed E-state index contributed by atoms with van der Waals surface area (Å²) < 4.78 is 15.8. The quantitative estimate of drug-likeness (QED) is 0.454. The van der Waals surface area contributed by atoms with Crippen LogP contribution in [0, 0.1) is 12.7 Å². The van der Waals surface area contributed by atoms with Gasteiger partial charge >= 0.3 is 29.6 Å². The van der Waals surface area contributed by atoms with Gasteiger partial charge in [0.15, 0.2) is 0 Å². The molecule has 0 radical (unpaired) electrons. The predicted molar refractivity (Wildman–Crippen MR) is 125 cm³/mol. The van der Waals surface area contributed by atoms with Crippen molar-refractivity contribution in [1.29, 1.82) is 0 Å². The normalized spacial score (nSPS) is 13.1. The van der Waals surface area contributed by atoms with Gasteiger partial charge in [-0.05, 0) is 42.7 Å². The second kappa shape index (κ2) is 12.5. The Labute approximate surface area is 221 Å². The van der Waals surface area contributed by atoms with E-state index in [-0.39, 0.29) is 47.7 Å². The summed E-state index contributed by atoms with van der Waals surface area (Å²) in [6.45, 7) is 6.18. The van der Waals surface area contributed by atoms with Gasteiger partial charge in [-0.3, -0.25) is 0 Å². The van der Waals surface area contributed by atoms with Crippen molar-refractivity contribution in [1.82, 2.24) is 4.57 Å². The van der Waals surface area contributed by atoms with Gasteiger partial charge in [-0.15, -0.1) is 0 Å². The maximum atomic E-state index is 13.6. The fourth-order valence-electron chi connectivity index (χ4n) is 4.20. The van der Waals surface area contributed by atoms with Gasteiger partial charge in [-0.25, -0.2) is 4.39 Å². The number of aliphatic hydroxyl groups excluding tert-OH is 2. The molecule has 0 fully saturated rings. The second-order valence-electron chi connectivity index (χ2n) is 8.48. The maximum Gasteiger partial charge on any atom is 1.00 e. The molecule has 1 heterocycles. The first-order valence-corrected chi connectivity index (χ1v) is 11.0. The molecule has 1 aromatic heterocycles. The van der Waals surface area contributed by atoms with Crippen molar-refractivity contribution in [2.75, 3.05) is 0 Å². The fourth-order valence-corrected chi connectivity index (χ4v) is 4.20. The first-order chi connectivity index (χ1) is 15.7. The molecule has 2 N–H and O–H groups in total. The monoisotopic (exact) mass is 473 g/mol. The summed E-state index contributed by atoms with van der Waals surface area (Å²) in [4.78, 5) is 10.7. The Hall–Kier alpha value is -2.22. The number of hydrogen-bond donors (Lipinski definition) is 2. The number of carboxylic acid groups (broad SMARTS) is 1.